The zero-order valence-corrected chi connectivity index (χ0v) is 12.1. The second-order valence-electron chi connectivity index (χ2n) is 5.75. The molecular weight excluding hydrogens is 307 g/mol. The molecule has 5 nitrogen and oxygen atoms in total. The largest absolute Gasteiger partial charge is 0.392 e. The third-order valence-corrected chi connectivity index (χ3v) is 4.04. The Morgan fingerprint density at radius 2 is 1.96 bits per heavy atom. The molecule has 0 saturated heterocycles. The van der Waals surface area contributed by atoms with Crippen LogP contribution in [0.25, 0.3) is 16.9 Å². The van der Waals surface area contributed by atoms with E-state index in [1.165, 1.54) is 6.33 Å². The van der Waals surface area contributed by atoms with Crippen molar-refractivity contribution in [3.63, 3.8) is 0 Å². The minimum atomic E-state index is -4.18. The Balaban J connectivity index is 1.86. The molecule has 3 aromatic rings. The topological polar surface area (TPSA) is 56.0 Å². The van der Waals surface area contributed by atoms with Crippen molar-refractivity contribution in [3.8, 4) is 11.3 Å². The molecule has 0 amide bonds. The van der Waals surface area contributed by atoms with E-state index in [0.29, 0.717) is 28.2 Å². The first-order valence-corrected chi connectivity index (χ1v) is 7.12. The van der Waals surface area contributed by atoms with Crippen LogP contribution in [0.2, 0.25) is 0 Å². The maximum Gasteiger partial charge on any atom is 0.392 e. The van der Waals surface area contributed by atoms with Gasteiger partial charge in [-0.3, -0.25) is 0 Å². The van der Waals surface area contributed by atoms with E-state index in [4.69, 9.17) is 0 Å². The van der Waals surface area contributed by atoms with Gasteiger partial charge in [-0.25, -0.2) is 19.5 Å². The van der Waals surface area contributed by atoms with Gasteiger partial charge in [0.15, 0.2) is 5.65 Å². The molecule has 3 aromatic heterocycles. The highest BCUT2D eigenvalue weighted by Gasteiger charge is 2.56. The van der Waals surface area contributed by atoms with Gasteiger partial charge in [-0.15, -0.1) is 0 Å². The number of halogens is 3. The molecule has 0 radical (unpaired) electrons. The number of rotatable bonds is 2. The first-order valence-electron chi connectivity index (χ1n) is 7.12. The summed E-state index contributed by atoms with van der Waals surface area (Å²) in [6.07, 6.45) is 2.19. The number of hydrogen-bond donors (Lipinski definition) is 0. The smallest absolute Gasteiger partial charge is 0.244 e. The fourth-order valence-electron chi connectivity index (χ4n) is 2.86. The molecule has 1 aliphatic rings. The summed E-state index contributed by atoms with van der Waals surface area (Å²) in [7, 11) is 0. The van der Waals surface area contributed by atoms with Gasteiger partial charge in [0.05, 0.1) is 23.5 Å². The molecule has 2 unspecified atom stereocenters. The van der Waals surface area contributed by atoms with Crippen LogP contribution in [0.1, 0.15) is 23.6 Å². The van der Waals surface area contributed by atoms with Crippen molar-refractivity contribution >= 4 is 5.65 Å². The van der Waals surface area contributed by atoms with Gasteiger partial charge in [0.25, 0.3) is 0 Å². The number of nitrogens with zero attached hydrogens (tertiary/aromatic N) is 5. The van der Waals surface area contributed by atoms with Gasteiger partial charge in [-0.1, -0.05) is 0 Å². The zero-order chi connectivity index (χ0) is 16.2. The van der Waals surface area contributed by atoms with E-state index in [1.807, 2.05) is 0 Å². The van der Waals surface area contributed by atoms with Crippen molar-refractivity contribution in [2.45, 2.75) is 25.4 Å². The summed E-state index contributed by atoms with van der Waals surface area (Å²) in [4.78, 5) is 12.2. The molecule has 23 heavy (non-hydrogen) atoms. The average molecular weight is 319 g/mol. The van der Waals surface area contributed by atoms with Crippen molar-refractivity contribution in [1.82, 2.24) is 24.6 Å². The standard InChI is InChI=1S/C15H12F3N5/c1-8-6-23-14(21-8)11(10-2-12(10)15(16,17)18)3-13(22-23)9-4-19-7-20-5-9/h3-7,10,12H,2H2,1H3. The highest BCUT2D eigenvalue weighted by molar-refractivity contribution is 5.63. The SMILES string of the molecule is Cc1cn2nc(-c3cncnc3)cc(C3CC3C(F)(F)F)c2n1. The predicted molar refractivity (Wildman–Crippen MR) is 75.7 cm³/mol. The molecule has 1 fully saturated rings. The summed E-state index contributed by atoms with van der Waals surface area (Å²) in [5.41, 5.74) is 2.98. The third-order valence-electron chi connectivity index (χ3n) is 4.04. The molecule has 8 heteroatoms. The van der Waals surface area contributed by atoms with Gasteiger partial charge in [0.2, 0.25) is 0 Å². The number of aryl methyl sites for hydroxylation is 1. The molecule has 0 aliphatic heterocycles. The number of hydrogen-bond acceptors (Lipinski definition) is 4. The van der Waals surface area contributed by atoms with Crippen LogP contribution < -0.4 is 0 Å². The van der Waals surface area contributed by atoms with Gasteiger partial charge in [0.1, 0.15) is 6.33 Å². The fourth-order valence-corrected chi connectivity index (χ4v) is 2.86. The Kier molecular flexibility index (Phi) is 2.91. The molecule has 0 spiro atoms. The molecule has 4 rings (SSSR count). The van der Waals surface area contributed by atoms with Gasteiger partial charge < -0.3 is 0 Å². The van der Waals surface area contributed by atoms with Crippen molar-refractivity contribution in [2.75, 3.05) is 0 Å². The minimum absolute atomic E-state index is 0.0970. The van der Waals surface area contributed by atoms with Gasteiger partial charge in [0, 0.05) is 23.5 Å². The van der Waals surface area contributed by atoms with Crippen LogP contribution >= 0.6 is 0 Å². The molecule has 1 saturated carbocycles. The van der Waals surface area contributed by atoms with E-state index in [2.05, 4.69) is 20.1 Å². The summed E-state index contributed by atoms with van der Waals surface area (Å²) >= 11 is 0. The highest BCUT2D eigenvalue weighted by Crippen LogP contribution is 2.56. The molecular formula is C15H12F3N5. The molecule has 0 N–H and O–H groups in total. The van der Waals surface area contributed by atoms with Gasteiger partial charge >= 0.3 is 6.18 Å². The Bertz CT molecular complexity index is 872. The van der Waals surface area contributed by atoms with Crippen molar-refractivity contribution < 1.29 is 13.2 Å². The summed E-state index contributed by atoms with van der Waals surface area (Å²) < 4.78 is 40.4. The maximum atomic E-state index is 12.9. The lowest BCUT2D eigenvalue weighted by atomic mass is 10.1. The van der Waals surface area contributed by atoms with Crippen molar-refractivity contribution in [1.29, 1.82) is 0 Å². The first kappa shape index (κ1) is 14.1. The Labute approximate surface area is 129 Å². The Morgan fingerprint density at radius 3 is 2.61 bits per heavy atom. The minimum Gasteiger partial charge on any atom is -0.244 e. The molecule has 0 aromatic carbocycles. The van der Waals surface area contributed by atoms with E-state index in [1.54, 1.807) is 36.1 Å². The summed E-state index contributed by atoms with van der Waals surface area (Å²) in [6, 6.07) is 1.68. The quantitative estimate of drug-likeness (QED) is 0.728. The van der Waals surface area contributed by atoms with Crippen LogP contribution in [0.3, 0.4) is 0 Å². The summed E-state index contributed by atoms with van der Waals surface area (Å²) in [5.74, 6) is -1.86. The Hall–Kier alpha value is -2.51. The van der Waals surface area contributed by atoms with E-state index in [0.717, 1.165) is 0 Å². The lowest BCUT2D eigenvalue weighted by Gasteiger charge is -2.08. The van der Waals surface area contributed by atoms with E-state index in [9.17, 15) is 13.2 Å². The van der Waals surface area contributed by atoms with E-state index >= 15 is 0 Å². The Morgan fingerprint density at radius 1 is 1.22 bits per heavy atom. The molecule has 3 heterocycles. The van der Waals surface area contributed by atoms with Crippen molar-refractivity contribution in [2.24, 2.45) is 5.92 Å². The van der Waals surface area contributed by atoms with Gasteiger partial charge in [-0.2, -0.15) is 18.3 Å². The molecule has 118 valence electrons. The number of alkyl halides is 3. The normalized spacial score (nSPS) is 20.9. The molecule has 1 aliphatic carbocycles. The molecule has 2 atom stereocenters. The second-order valence-corrected chi connectivity index (χ2v) is 5.75. The average Bonchev–Trinajstić information content (AvgIpc) is 3.22. The van der Waals surface area contributed by atoms with Crippen LogP contribution in [0.5, 0.6) is 0 Å². The first-order chi connectivity index (χ1) is 10.9. The number of aromatic nitrogens is 5. The highest BCUT2D eigenvalue weighted by atomic mass is 19.4. The maximum absolute atomic E-state index is 12.9. The predicted octanol–water partition coefficient (Wildman–Crippen LogP) is 3.16. The lowest BCUT2D eigenvalue weighted by Crippen LogP contribution is -2.12. The molecule has 0 bridgehead atoms. The number of fused-ring (bicyclic) bond motifs is 1. The fraction of sp³-hybridized carbons (Fsp3) is 0.333. The van der Waals surface area contributed by atoms with Crippen LogP contribution in [-0.4, -0.2) is 30.7 Å². The zero-order valence-electron chi connectivity index (χ0n) is 12.1. The van der Waals surface area contributed by atoms with E-state index < -0.39 is 18.0 Å². The van der Waals surface area contributed by atoms with Crippen LogP contribution in [-0.2, 0) is 0 Å². The monoisotopic (exact) mass is 319 g/mol. The van der Waals surface area contributed by atoms with Crippen LogP contribution in [0, 0.1) is 12.8 Å². The van der Waals surface area contributed by atoms with Crippen LogP contribution in [0.15, 0.2) is 31.0 Å². The third kappa shape index (κ3) is 2.43. The summed E-state index contributed by atoms with van der Waals surface area (Å²) in [5, 5.41) is 4.42. The van der Waals surface area contributed by atoms with E-state index in [-0.39, 0.29) is 6.42 Å². The second kappa shape index (κ2) is 4.74. The van der Waals surface area contributed by atoms with Crippen molar-refractivity contribution in [3.05, 3.63) is 42.2 Å². The lowest BCUT2D eigenvalue weighted by molar-refractivity contribution is -0.148. The van der Waals surface area contributed by atoms with Crippen LogP contribution in [0.4, 0.5) is 13.2 Å². The number of imidazole rings is 1. The summed E-state index contributed by atoms with van der Waals surface area (Å²) in [6.45, 7) is 1.79. The van der Waals surface area contributed by atoms with Gasteiger partial charge in [-0.05, 0) is 25.3 Å².